The second-order valence-corrected chi connectivity index (χ2v) is 10.7. The first kappa shape index (κ1) is 21.8. The van der Waals surface area contributed by atoms with E-state index in [9.17, 15) is 5.48 Å². The van der Waals surface area contributed by atoms with Gasteiger partial charge in [0.1, 0.15) is 11.2 Å². The Labute approximate surface area is 262 Å². The third-order valence-corrected chi connectivity index (χ3v) is 7.97. The third-order valence-electron chi connectivity index (χ3n) is 7.97. The smallest absolute Gasteiger partial charge is 0.135 e. The highest BCUT2D eigenvalue weighted by atomic mass is 16.3. The molecular formula is C42H29NO. The van der Waals surface area contributed by atoms with Gasteiger partial charge in [-0.1, -0.05) is 121 Å². The van der Waals surface area contributed by atoms with E-state index >= 15 is 0 Å². The first-order chi connectivity index (χ1) is 23.5. The maximum atomic E-state index is 9.32. The van der Waals surface area contributed by atoms with Crippen molar-refractivity contribution >= 4 is 39.0 Å². The van der Waals surface area contributed by atoms with Gasteiger partial charge in [0.2, 0.25) is 0 Å². The number of benzene rings is 7. The zero-order chi connectivity index (χ0) is 32.8. The molecule has 0 fully saturated rings. The van der Waals surface area contributed by atoms with E-state index in [-0.39, 0.29) is 35.4 Å². The lowest BCUT2D eigenvalue weighted by molar-refractivity contribution is 0.669. The van der Waals surface area contributed by atoms with Gasteiger partial charge >= 0.3 is 0 Å². The normalized spacial score (nSPS) is 12.5. The van der Waals surface area contributed by atoms with Crippen molar-refractivity contribution in [2.75, 3.05) is 4.90 Å². The molecule has 2 heteroatoms. The number of fused-ring (bicyclic) bond motifs is 3. The van der Waals surface area contributed by atoms with Crippen LogP contribution in [-0.4, -0.2) is 0 Å². The average molecular weight is 568 g/mol. The van der Waals surface area contributed by atoms with Crippen LogP contribution in [0.25, 0.3) is 55.3 Å². The summed E-state index contributed by atoms with van der Waals surface area (Å²) in [5.41, 5.74) is 8.18. The Morgan fingerprint density at radius 2 is 0.841 bits per heavy atom. The second kappa shape index (κ2) is 11.1. The molecule has 0 saturated heterocycles. The Morgan fingerprint density at radius 1 is 0.364 bits per heavy atom. The van der Waals surface area contributed by atoms with Crippen molar-refractivity contribution in [1.29, 1.82) is 0 Å². The number of nitrogens with zero attached hydrogens (tertiary/aromatic N) is 1. The minimum atomic E-state index is -0.123. The quantitative estimate of drug-likeness (QED) is 0.199. The van der Waals surface area contributed by atoms with Gasteiger partial charge in [0, 0.05) is 27.8 Å². The van der Waals surface area contributed by atoms with Crippen LogP contribution in [0.5, 0.6) is 0 Å². The predicted octanol–water partition coefficient (Wildman–Crippen LogP) is 12.1. The highest BCUT2D eigenvalue weighted by Crippen LogP contribution is 2.38. The molecule has 0 aliphatic carbocycles. The highest BCUT2D eigenvalue weighted by molar-refractivity contribution is 6.06. The van der Waals surface area contributed by atoms with Crippen molar-refractivity contribution < 1.29 is 9.90 Å². The lowest BCUT2D eigenvalue weighted by atomic mass is 10.0. The molecule has 0 atom stereocenters. The summed E-state index contributed by atoms with van der Waals surface area (Å²) >= 11 is 0. The minimum absolute atomic E-state index is 0.107. The van der Waals surface area contributed by atoms with Gasteiger partial charge < -0.3 is 9.32 Å². The fourth-order valence-corrected chi connectivity index (χ4v) is 5.72. The van der Waals surface area contributed by atoms with Crippen LogP contribution in [0, 0.1) is 0 Å². The summed E-state index contributed by atoms with van der Waals surface area (Å²) in [5, 5.41) is 1.80. The Morgan fingerprint density at radius 3 is 1.43 bits per heavy atom. The van der Waals surface area contributed by atoms with Crippen LogP contribution >= 0.6 is 0 Å². The number of rotatable bonds is 6. The maximum absolute atomic E-state index is 9.32. The average Bonchev–Trinajstić information content (AvgIpc) is 3.52. The molecule has 1 aromatic heterocycles. The van der Waals surface area contributed by atoms with Crippen molar-refractivity contribution in [3.63, 3.8) is 0 Å². The van der Waals surface area contributed by atoms with E-state index in [1.54, 1.807) is 6.07 Å². The van der Waals surface area contributed by atoms with Gasteiger partial charge in [0.05, 0.1) is 5.48 Å². The van der Waals surface area contributed by atoms with Crippen LogP contribution < -0.4 is 4.90 Å². The zero-order valence-corrected chi connectivity index (χ0v) is 23.8. The van der Waals surface area contributed by atoms with Gasteiger partial charge in [0.15, 0.2) is 0 Å². The fourth-order valence-electron chi connectivity index (χ4n) is 5.72. The summed E-state index contributed by atoms with van der Waals surface area (Å²) in [5.74, 6) is 0. The molecule has 0 N–H and O–H groups in total. The largest absolute Gasteiger partial charge is 0.456 e. The molecule has 2 nitrogen and oxygen atoms in total. The molecule has 208 valence electrons. The molecule has 0 saturated carbocycles. The molecular weight excluding hydrogens is 534 g/mol. The van der Waals surface area contributed by atoms with Crippen LogP contribution in [0.15, 0.2) is 180 Å². The van der Waals surface area contributed by atoms with Gasteiger partial charge in [-0.15, -0.1) is 0 Å². The van der Waals surface area contributed by atoms with E-state index in [0.29, 0.717) is 11.1 Å². The topological polar surface area (TPSA) is 16.4 Å². The molecule has 8 rings (SSSR count). The molecule has 7 aromatic carbocycles. The number of anilines is 3. The minimum Gasteiger partial charge on any atom is -0.456 e. The van der Waals surface area contributed by atoms with E-state index in [2.05, 4.69) is 24.3 Å². The molecule has 1 heterocycles. The Hall–Kier alpha value is -5.86. The van der Waals surface area contributed by atoms with Crippen molar-refractivity contribution in [3.05, 3.63) is 176 Å². The molecule has 0 radical (unpaired) electrons. The summed E-state index contributed by atoms with van der Waals surface area (Å²) in [6.07, 6.45) is 0. The number of hydrogen-bond donors (Lipinski definition) is 0. The Kier molecular flexibility index (Phi) is 5.49. The van der Waals surface area contributed by atoms with Crippen molar-refractivity contribution in [2.45, 2.75) is 0 Å². The monoisotopic (exact) mass is 567 g/mol. The van der Waals surface area contributed by atoms with Crippen LogP contribution in [0.3, 0.4) is 0 Å². The third kappa shape index (κ3) is 4.83. The van der Waals surface area contributed by atoms with Crippen LogP contribution in [0.1, 0.15) is 5.48 Å². The summed E-state index contributed by atoms with van der Waals surface area (Å²) < 4.78 is 43.1. The van der Waals surface area contributed by atoms with Crippen molar-refractivity contribution in [3.8, 4) is 33.4 Å². The molecule has 0 spiro atoms. The van der Waals surface area contributed by atoms with E-state index in [1.165, 1.54) is 0 Å². The Balaban J connectivity index is 1.28. The number of hydrogen-bond acceptors (Lipinski definition) is 2. The molecule has 0 amide bonds. The second-order valence-electron chi connectivity index (χ2n) is 10.7. The molecule has 0 unspecified atom stereocenters. The van der Waals surface area contributed by atoms with Gasteiger partial charge in [-0.3, -0.25) is 0 Å². The van der Waals surface area contributed by atoms with Gasteiger partial charge in [-0.05, 0) is 87.9 Å². The van der Waals surface area contributed by atoms with Gasteiger partial charge in [-0.2, -0.15) is 0 Å². The van der Waals surface area contributed by atoms with Crippen LogP contribution in [-0.2, 0) is 0 Å². The van der Waals surface area contributed by atoms with Crippen molar-refractivity contribution in [1.82, 2.24) is 0 Å². The number of para-hydroxylation sites is 1. The predicted molar refractivity (Wildman–Crippen MR) is 185 cm³/mol. The van der Waals surface area contributed by atoms with E-state index in [0.717, 1.165) is 50.0 Å². The summed E-state index contributed by atoms with van der Waals surface area (Å²) in [7, 11) is 0. The number of furan rings is 1. The SMILES string of the molecule is [2H]c1c([2H])c(N(c2ccc(-c3ccccc3)cc2)c2ccc(-c3ccccc3)cc2)c([2H])c([2H])c1-c1ccc2oc3ccccc3c2c1. The van der Waals surface area contributed by atoms with Crippen LogP contribution in [0.4, 0.5) is 17.1 Å². The van der Waals surface area contributed by atoms with Gasteiger partial charge in [-0.25, -0.2) is 0 Å². The first-order valence-electron chi connectivity index (χ1n) is 16.6. The first-order valence-corrected chi connectivity index (χ1v) is 14.6. The summed E-state index contributed by atoms with van der Waals surface area (Å²) in [6, 6.07) is 49.0. The molecule has 0 bridgehead atoms. The lowest BCUT2D eigenvalue weighted by Gasteiger charge is -2.26. The Bertz CT molecular complexity index is 2310. The zero-order valence-electron chi connectivity index (χ0n) is 27.8. The van der Waals surface area contributed by atoms with Crippen molar-refractivity contribution in [2.24, 2.45) is 0 Å². The van der Waals surface area contributed by atoms with Crippen LogP contribution in [0.2, 0.25) is 0 Å². The molecule has 0 aliphatic rings. The summed E-state index contributed by atoms with van der Waals surface area (Å²) in [6.45, 7) is 0. The molecule has 8 aromatic rings. The standard InChI is InChI=1S/C42H29NO/c1-3-9-30(10-4-1)32-15-22-36(23-16-32)43(37-24-17-33(18-25-37)31-11-5-2-6-12-31)38-26-19-34(20-27-38)35-21-28-42-40(29-35)39-13-7-8-14-41(39)44-42/h1-29H/i19D,20D,26D,27D. The molecule has 44 heavy (non-hydrogen) atoms. The maximum Gasteiger partial charge on any atom is 0.135 e. The lowest BCUT2D eigenvalue weighted by Crippen LogP contribution is -2.09. The summed E-state index contributed by atoms with van der Waals surface area (Å²) in [4.78, 5) is 1.82. The van der Waals surface area contributed by atoms with E-state index < -0.39 is 0 Å². The van der Waals surface area contributed by atoms with E-state index in [4.69, 9.17) is 4.42 Å². The van der Waals surface area contributed by atoms with E-state index in [1.807, 2.05) is 126 Å². The molecule has 0 aliphatic heterocycles. The fraction of sp³-hybridized carbons (Fsp3) is 0. The van der Waals surface area contributed by atoms with Gasteiger partial charge in [0.25, 0.3) is 0 Å². The highest BCUT2D eigenvalue weighted by Gasteiger charge is 2.14.